The summed E-state index contributed by atoms with van der Waals surface area (Å²) in [4.78, 5) is 23.1. The molecular formula is C23H26N2OS2. The van der Waals surface area contributed by atoms with E-state index in [0.717, 1.165) is 42.9 Å². The summed E-state index contributed by atoms with van der Waals surface area (Å²) in [5.41, 5.74) is 3.81. The van der Waals surface area contributed by atoms with Crippen LogP contribution in [0.3, 0.4) is 0 Å². The van der Waals surface area contributed by atoms with E-state index in [2.05, 4.69) is 36.2 Å². The van der Waals surface area contributed by atoms with Crippen LogP contribution >= 0.6 is 22.7 Å². The van der Waals surface area contributed by atoms with Gasteiger partial charge in [-0.3, -0.25) is 4.79 Å². The first-order chi connectivity index (χ1) is 13.7. The van der Waals surface area contributed by atoms with E-state index >= 15 is 0 Å². The molecule has 0 amide bonds. The number of carbonyl (C=O) groups is 1. The molecule has 0 radical (unpaired) electrons. The van der Waals surface area contributed by atoms with Gasteiger partial charge in [0.05, 0.1) is 10.2 Å². The van der Waals surface area contributed by atoms with Crippen LogP contribution in [-0.4, -0.2) is 29.3 Å². The Morgan fingerprint density at radius 2 is 2.00 bits per heavy atom. The van der Waals surface area contributed by atoms with Crippen LogP contribution in [0.1, 0.15) is 47.4 Å². The number of carbonyl (C=O) groups excluding carboxylic acids is 1. The number of thiophene rings is 1. The molecule has 1 aliphatic heterocycles. The first-order valence-electron chi connectivity index (χ1n) is 10.4. The van der Waals surface area contributed by atoms with Crippen LogP contribution in [-0.2, 0) is 24.2 Å². The number of thiazole rings is 1. The summed E-state index contributed by atoms with van der Waals surface area (Å²) in [6, 6.07) is 8.37. The average Bonchev–Trinajstić information content (AvgIpc) is 3.28. The highest BCUT2D eigenvalue weighted by Crippen LogP contribution is 2.43. The summed E-state index contributed by atoms with van der Waals surface area (Å²) in [6.07, 6.45) is 7.55. The SMILES string of the molecule is CN1CCc2c(sc(CC(=O)C3CCCCC3)c2-c2nc3ccccc3s2)C1. The van der Waals surface area contributed by atoms with Crippen molar-refractivity contribution in [1.82, 2.24) is 9.88 Å². The van der Waals surface area contributed by atoms with Gasteiger partial charge in [-0.2, -0.15) is 0 Å². The Kier molecular flexibility index (Phi) is 5.07. The summed E-state index contributed by atoms with van der Waals surface area (Å²) in [6.45, 7) is 2.08. The molecule has 2 aliphatic rings. The number of aromatic nitrogens is 1. The molecular weight excluding hydrogens is 384 g/mol. The van der Waals surface area contributed by atoms with E-state index in [1.807, 2.05) is 11.3 Å². The van der Waals surface area contributed by atoms with Gasteiger partial charge in [-0.05, 0) is 44.0 Å². The van der Waals surface area contributed by atoms with Crippen molar-refractivity contribution in [2.75, 3.05) is 13.6 Å². The molecule has 3 nitrogen and oxygen atoms in total. The molecule has 2 aromatic heterocycles. The maximum atomic E-state index is 13.1. The van der Waals surface area contributed by atoms with Crippen LogP contribution < -0.4 is 0 Å². The summed E-state index contributed by atoms with van der Waals surface area (Å²) in [7, 11) is 2.19. The Morgan fingerprint density at radius 1 is 1.18 bits per heavy atom. The van der Waals surface area contributed by atoms with Gasteiger partial charge in [0.25, 0.3) is 0 Å². The summed E-state index contributed by atoms with van der Waals surface area (Å²) in [5.74, 6) is 0.729. The topological polar surface area (TPSA) is 33.2 Å². The zero-order chi connectivity index (χ0) is 19.1. The van der Waals surface area contributed by atoms with E-state index < -0.39 is 0 Å². The highest BCUT2D eigenvalue weighted by Gasteiger charge is 2.28. The number of ketones is 1. The molecule has 0 spiro atoms. The van der Waals surface area contributed by atoms with E-state index in [0.29, 0.717) is 12.2 Å². The van der Waals surface area contributed by atoms with Gasteiger partial charge < -0.3 is 4.90 Å². The van der Waals surface area contributed by atoms with Gasteiger partial charge in [0.2, 0.25) is 0 Å². The number of hydrogen-bond donors (Lipinski definition) is 0. The second-order valence-corrected chi connectivity index (χ2v) is 10.5. The Hall–Kier alpha value is -1.56. The number of rotatable bonds is 4. The fourth-order valence-corrected chi connectivity index (χ4v) is 7.24. The van der Waals surface area contributed by atoms with Crippen LogP contribution in [0.2, 0.25) is 0 Å². The summed E-state index contributed by atoms with van der Waals surface area (Å²) < 4.78 is 1.23. The lowest BCUT2D eigenvalue weighted by Gasteiger charge is -2.22. The van der Waals surface area contributed by atoms with Gasteiger partial charge in [0.15, 0.2) is 0 Å². The van der Waals surface area contributed by atoms with Crippen LogP contribution in [0.5, 0.6) is 0 Å². The van der Waals surface area contributed by atoms with Gasteiger partial charge in [0.1, 0.15) is 10.8 Å². The number of nitrogens with zero attached hydrogens (tertiary/aromatic N) is 2. The molecule has 3 heterocycles. The summed E-state index contributed by atoms with van der Waals surface area (Å²) in [5, 5.41) is 1.11. The lowest BCUT2D eigenvalue weighted by molar-refractivity contribution is -0.123. The predicted octanol–water partition coefficient (Wildman–Crippen LogP) is 5.70. The minimum absolute atomic E-state index is 0.277. The molecule has 146 valence electrons. The molecule has 0 N–H and O–H groups in total. The van der Waals surface area contributed by atoms with Gasteiger partial charge in [0, 0.05) is 40.7 Å². The number of fused-ring (bicyclic) bond motifs is 2. The van der Waals surface area contributed by atoms with Crippen molar-refractivity contribution in [2.45, 2.75) is 51.5 Å². The highest BCUT2D eigenvalue weighted by atomic mass is 32.1. The lowest BCUT2D eigenvalue weighted by atomic mass is 9.84. The molecule has 5 heteroatoms. The predicted molar refractivity (Wildman–Crippen MR) is 118 cm³/mol. The zero-order valence-corrected chi connectivity index (χ0v) is 18.0. The van der Waals surface area contributed by atoms with Crippen molar-refractivity contribution in [3.63, 3.8) is 0 Å². The highest BCUT2D eigenvalue weighted by molar-refractivity contribution is 7.22. The maximum absolute atomic E-state index is 13.1. The minimum atomic E-state index is 0.277. The van der Waals surface area contributed by atoms with Crippen LogP contribution in [0.4, 0.5) is 0 Å². The average molecular weight is 411 g/mol. The quantitative estimate of drug-likeness (QED) is 0.553. The molecule has 0 bridgehead atoms. The normalized spacial score (nSPS) is 18.5. The number of para-hydroxylation sites is 1. The Labute approximate surface area is 174 Å². The van der Waals surface area contributed by atoms with Crippen LogP contribution in [0, 0.1) is 5.92 Å². The zero-order valence-electron chi connectivity index (χ0n) is 16.4. The monoisotopic (exact) mass is 410 g/mol. The Morgan fingerprint density at radius 3 is 2.82 bits per heavy atom. The standard InChI is InChI=1S/C23H26N2OS2/c1-25-12-11-16-21(14-25)27-20(13-18(26)15-7-3-2-4-8-15)22(16)23-24-17-9-5-6-10-19(17)28-23/h5-6,9-10,15H,2-4,7-8,11-14H2,1H3. The van der Waals surface area contributed by atoms with Gasteiger partial charge in [-0.25, -0.2) is 4.98 Å². The van der Waals surface area contributed by atoms with Crippen molar-refractivity contribution in [1.29, 1.82) is 0 Å². The molecule has 1 aliphatic carbocycles. The molecule has 0 unspecified atom stereocenters. The lowest BCUT2D eigenvalue weighted by Crippen LogP contribution is -2.25. The molecule has 0 atom stereocenters. The van der Waals surface area contributed by atoms with Crippen molar-refractivity contribution < 1.29 is 4.79 Å². The first kappa shape index (κ1) is 18.5. The minimum Gasteiger partial charge on any atom is -0.301 e. The third kappa shape index (κ3) is 3.44. The second kappa shape index (κ2) is 7.69. The van der Waals surface area contributed by atoms with Gasteiger partial charge >= 0.3 is 0 Å². The van der Waals surface area contributed by atoms with E-state index in [1.54, 1.807) is 11.3 Å². The molecule has 5 rings (SSSR count). The van der Waals surface area contributed by atoms with Crippen molar-refractivity contribution in [3.05, 3.63) is 39.6 Å². The maximum Gasteiger partial charge on any atom is 0.141 e. The van der Waals surface area contributed by atoms with Crippen molar-refractivity contribution in [2.24, 2.45) is 5.92 Å². The van der Waals surface area contributed by atoms with Crippen molar-refractivity contribution >= 4 is 38.7 Å². The fraction of sp³-hybridized carbons (Fsp3) is 0.478. The molecule has 28 heavy (non-hydrogen) atoms. The Balaban J connectivity index is 1.55. The molecule has 1 fully saturated rings. The molecule has 0 saturated heterocycles. The summed E-state index contributed by atoms with van der Waals surface area (Å²) >= 11 is 3.64. The largest absolute Gasteiger partial charge is 0.301 e. The number of likely N-dealkylation sites (N-methyl/N-ethyl adjacent to an activating group) is 1. The number of benzene rings is 1. The van der Waals surface area contributed by atoms with Crippen LogP contribution in [0.15, 0.2) is 24.3 Å². The Bertz CT molecular complexity index is 980. The van der Waals surface area contributed by atoms with Crippen LogP contribution in [0.25, 0.3) is 20.8 Å². The number of hydrogen-bond acceptors (Lipinski definition) is 5. The first-order valence-corrected chi connectivity index (χ1v) is 12.0. The van der Waals surface area contributed by atoms with E-state index in [4.69, 9.17) is 4.98 Å². The smallest absolute Gasteiger partial charge is 0.141 e. The van der Waals surface area contributed by atoms with Crippen molar-refractivity contribution in [3.8, 4) is 10.6 Å². The molecule has 1 aromatic carbocycles. The van der Waals surface area contributed by atoms with E-state index in [9.17, 15) is 4.79 Å². The van der Waals surface area contributed by atoms with E-state index in [1.165, 1.54) is 44.8 Å². The van der Waals surface area contributed by atoms with Gasteiger partial charge in [-0.15, -0.1) is 22.7 Å². The van der Waals surface area contributed by atoms with Gasteiger partial charge in [-0.1, -0.05) is 31.4 Å². The third-order valence-electron chi connectivity index (χ3n) is 6.22. The third-order valence-corrected chi connectivity index (χ3v) is 8.49. The second-order valence-electron chi connectivity index (χ2n) is 8.25. The number of Topliss-reactive ketones (excluding diaryl/α,β-unsaturated/α-hetero) is 1. The fourth-order valence-electron chi connectivity index (χ4n) is 4.67. The van der Waals surface area contributed by atoms with E-state index in [-0.39, 0.29) is 5.92 Å². The molecule has 3 aromatic rings. The molecule has 1 saturated carbocycles.